The topological polar surface area (TPSA) is 79.3 Å². The number of hydrogen-bond acceptors (Lipinski definition) is 4. The van der Waals surface area contributed by atoms with Gasteiger partial charge in [-0.3, -0.25) is 4.79 Å². The van der Waals surface area contributed by atoms with Crippen molar-refractivity contribution >= 4 is 34.8 Å². The van der Waals surface area contributed by atoms with Crippen molar-refractivity contribution in [2.45, 2.75) is 37.6 Å². The van der Waals surface area contributed by atoms with Gasteiger partial charge in [0.2, 0.25) is 5.91 Å². The summed E-state index contributed by atoms with van der Waals surface area (Å²) >= 11 is 7.42. The van der Waals surface area contributed by atoms with Gasteiger partial charge in [-0.05, 0) is 25.0 Å². The van der Waals surface area contributed by atoms with E-state index in [1.807, 2.05) is 23.6 Å². The summed E-state index contributed by atoms with van der Waals surface area (Å²) in [5.41, 5.74) is 0.422. The van der Waals surface area contributed by atoms with E-state index in [-0.39, 0.29) is 12.3 Å². The molecule has 0 spiro atoms. The van der Waals surface area contributed by atoms with Crippen LogP contribution in [0.3, 0.4) is 0 Å². The zero-order chi connectivity index (χ0) is 17.2. The first-order chi connectivity index (χ1) is 11.5. The zero-order valence-electron chi connectivity index (χ0n) is 12.9. The van der Waals surface area contributed by atoms with Crippen LogP contribution in [0.4, 0.5) is 0 Å². The van der Waals surface area contributed by atoms with Crippen LogP contribution in [-0.2, 0) is 16.0 Å². The summed E-state index contributed by atoms with van der Waals surface area (Å²) in [4.78, 5) is 28.2. The van der Waals surface area contributed by atoms with Gasteiger partial charge in [0.25, 0.3) is 0 Å². The molecule has 1 aliphatic rings. The average Bonchev–Trinajstić information content (AvgIpc) is 3.17. The number of amides is 1. The van der Waals surface area contributed by atoms with E-state index in [1.165, 1.54) is 11.3 Å². The van der Waals surface area contributed by atoms with Gasteiger partial charge >= 0.3 is 5.97 Å². The van der Waals surface area contributed by atoms with Crippen LogP contribution in [0.2, 0.25) is 5.02 Å². The number of carbonyl (C=O) groups is 2. The van der Waals surface area contributed by atoms with E-state index in [4.69, 9.17) is 11.6 Å². The monoisotopic (exact) mass is 364 g/mol. The Balaban J connectivity index is 1.68. The summed E-state index contributed by atoms with van der Waals surface area (Å²) in [6.07, 6.45) is 2.69. The molecule has 0 aliphatic heterocycles. The highest BCUT2D eigenvalue weighted by molar-refractivity contribution is 7.13. The lowest BCUT2D eigenvalue weighted by molar-refractivity contribution is -0.147. The minimum absolute atomic E-state index is 0.0755. The predicted molar refractivity (Wildman–Crippen MR) is 93.2 cm³/mol. The number of thiazole rings is 1. The van der Waals surface area contributed by atoms with Gasteiger partial charge in [-0.25, -0.2) is 9.78 Å². The Morgan fingerprint density at radius 3 is 2.75 bits per heavy atom. The molecule has 3 rings (SSSR count). The van der Waals surface area contributed by atoms with E-state index in [0.29, 0.717) is 23.6 Å². The third-order valence-corrected chi connectivity index (χ3v) is 5.39. The Morgan fingerprint density at radius 1 is 1.33 bits per heavy atom. The van der Waals surface area contributed by atoms with Crippen molar-refractivity contribution in [1.29, 1.82) is 0 Å². The second kappa shape index (κ2) is 6.91. The van der Waals surface area contributed by atoms with Crippen LogP contribution >= 0.6 is 22.9 Å². The molecule has 1 saturated carbocycles. The van der Waals surface area contributed by atoms with Crippen LogP contribution in [0.5, 0.6) is 0 Å². The fourth-order valence-corrected chi connectivity index (χ4v) is 4.00. The fourth-order valence-electron chi connectivity index (χ4n) is 2.99. The van der Waals surface area contributed by atoms with Crippen LogP contribution in [0.15, 0.2) is 29.6 Å². The molecule has 1 fully saturated rings. The number of aromatic nitrogens is 1. The van der Waals surface area contributed by atoms with E-state index in [1.54, 1.807) is 6.07 Å². The van der Waals surface area contributed by atoms with Gasteiger partial charge in [-0.15, -0.1) is 11.3 Å². The SMILES string of the molecule is O=C(Cc1csc(-c2cccc(Cl)c2)n1)NC1(C(=O)O)CCCC1. The Morgan fingerprint density at radius 2 is 2.08 bits per heavy atom. The Labute approximate surface area is 148 Å². The highest BCUT2D eigenvalue weighted by Gasteiger charge is 2.42. The molecule has 2 aromatic rings. The predicted octanol–water partition coefficient (Wildman–Crippen LogP) is 3.52. The van der Waals surface area contributed by atoms with Gasteiger partial charge in [0.05, 0.1) is 12.1 Å². The van der Waals surface area contributed by atoms with Gasteiger partial charge in [-0.1, -0.05) is 36.6 Å². The highest BCUT2D eigenvalue weighted by atomic mass is 35.5. The number of nitrogens with one attached hydrogen (secondary N) is 1. The smallest absolute Gasteiger partial charge is 0.329 e. The van der Waals surface area contributed by atoms with E-state index in [0.717, 1.165) is 23.4 Å². The molecular formula is C17H17ClN2O3S. The maximum Gasteiger partial charge on any atom is 0.329 e. The number of benzene rings is 1. The molecule has 0 atom stereocenters. The number of nitrogens with zero attached hydrogens (tertiary/aromatic N) is 1. The molecule has 126 valence electrons. The average molecular weight is 365 g/mol. The summed E-state index contributed by atoms with van der Waals surface area (Å²) in [5.74, 6) is -1.26. The van der Waals surface area contributed by atoms with Crippen LogP contribution in [0.25, 0.3) is 10.6 Å². The molecular weight excluding hydrogens is 348 g/mol. The Bertz CT molecular complexity index is 769. The van der Waals surface area contributed by atoms with Crippen LogP contribution < -0.4 is 5.32 Å². The lowest BCUT2D eigenvalue weighted by Gasteiger charge is -2.25. The van der Waals surface area contributed by atoms with E-state index >= 15 is 0 Å². The van der Waals surface area contributed by atoms with Gasteiger partial charge in [0, 0.05) is 16.0 Å². The summed E-state index contributed by atoms with van der Waals surface area (Å²) in [7, 11) is 0. The molecule has 7 heteroatoms. The Kier molecular flexibility index (Phi) is 4.87. The fraction of sp³-hybridized carbons (Fsp3) is 0.353. The molecule has 1 amide bonds. The molecule has 1 heterocycles. The van der Waals surface area contributed by atoms with Crippen LogP contribution in [-0.4, -0.2) is 27.5 Å². The number of carboxylic acids is 1. The van der Waals surface area contributed by atoms with E-state index < -0.39 is 11.5 Å². The van der Waals surface area contributed by atoms with E-state index in [2.05, 4.69) is 10.3 Å². The second-order valence-electron chi connectivity index (χ2n) is 5.97. The lowest BCUT2D eigenvalue weighted by Crippen LogP contribution is -2.52. The largest absolute Gasteiger partial charge is 0.480 e. The normalized spacial score (nSPS) is 16.0. The maximum atomic E-state index is 12.2. The molecule has 0 unspecified atom stereocenters. The molecule has 24 heavy (non-hydrogen) atoms. The number of carboxylic acid groups (broad SMARTS) is 1. The van der Waals surface area contributed by atoms with Crippen molar-refractivity contribution in [3.05, 3.63) is 40.4 Å². The zero-order valence-corrected chi connectivity index (χ0v) is 14.5. The van der Waals surface area contributed by atoms with Gasteiger partial charge in [-0.2, -0.15) is 0 Å². The summed E-state index contributed by atoms with van der Waals surface area (Å²) in [6.45, 7) is 0. The number of carbonyl (C=O) groups excluding carboxylic acids is 1. The molecule has 0 radical (unpaired) electrons. The quantitative estimate of drug-likeness (QED) is 0.850. The highest BCUT2D eigenvalue weighted by Crippen LogP contribution is 2.30. The molecule has 5 nitrogen and oxygen atoms in total. The van der Waals surface area contributed by atoms with Crippen molar-refractivity contribution in [3.8, 4) is 10.6 Å². The standard InChI is InChI=1S/C17H17ClN2O3S/c18-12-5-3-4-11(8-12)15-19-13(10-24-15)9-14(21)20-17(16(22)23)6-1-2-7-17/h3-5,8,10H,1-2,6-7,9H2,(H,20,21)(H,22,23). The number of hydrogen-bond donors (Lipinski definition) is 2. The second-order valence-corrected chi connectivity index (χ2v) is 7.27. The van der Waals surface area contributed by atoms with Crippen LogP contribution in [0, 0.1) is 0 Å². The third-order valence-electron chi connectivity index (χ3n) is 4.21. The maximum absolute atomic E-state index is 12.2. The van der Waals surface area contributed by atoms with Crippen molar-refractivity contribution in [3.63, 3.8) is 0 Å². The van der Waals surface area contributed by atoms with Gasteiger partial charge in [0.1, 0.15) is 10.5 Å². The lowest BCUT2D eigenvalue weighted by atomic mass is 9.97. The van der Waals surface area contributed by atoms with Gasteiger partial charge < -0.3 is 10.4 Å². The molecule has 1 aromatic carbocycles. The van der Waals surface area contributed by atoms with Crippen molar-refractivity contribution in [2.24, 2.45) is 0 Å². The molecule has 2 N–H and O–H groups in total. The van der Waals surface area contributed by atoms with Gasteiger partial charge in [0.15, 0.2) is 0 Å². The Hall–Kier alpha value is -1.92. The molecule has 0 saturated heterocycles. The molecule has 0 bridgehead atoms. The van der Waals surface area contributed by atoms with Crippen molar-refractivity contribution in [1.82, 2.24) is 10.3 Å². The summed E-state index contributed by atoms with van der Waals surface area (Å²) < 4.78 is 0. The number of rotatable bonds is 5. The third kappa shape index (κ3) is 3.60. The molecule has 1 aliphatic carbocycles. The van der Waals surface area contributed by atoms with E-state index in [9.17, 15) is 14.7 Å². The molecule has 1 aromatic heterocycles. The van der Waals surface area contributed by atoms with Crippen LogP contribution in [0.1, 0.15) is 31.4 Å². The van der Waals surface area contributed by atoms with Crippen molar-refractivity contribution in [2.75, 3.05) is 0 Å². The minimum Gasteiger partial charge on any atom is -0.480 e. The summed E-state index contributed by atoms with van der Waals surface area (Å²) in [5, 5.41) is 15.4. The number of aliphatic carboxylic acids is 1. The first-order valence-corrected chi connectivity index (χ1v) is 8.99. The first kappa shape index (κ1) is 16.9. The van der Waals surface area contributed by atoms with Crippen molar-refractivity contribution < 1.29 is 14.7 Å². The first-order valence-electron chi connectivity index (χ1n) is 7.73. The number of halogens is 1. The summed E-state index contributed by atoms with van der Waals surface area (Å²) in [6, 6.07) is 7.37. The minimum atomic E-state index is -1.11.